The van der Waals surface area contributed by atoms with E-state index < -0.39 is 9.28 Å². The van der Waals surface area contributed by atoms with Crippen molar-refractivity contribution in [2.75, 3.05) is 0 Å². The minimum Gasteiger partial charge on any atom is -0.496 e. The number of nitrogens with zero attached hydrogens (tertiary/aromatic N) is 2. The van der Waals surface area contributed by atoms with Crippen LogP contribution in [-0.4, -0.2) is 19.3 Å². The standard InChI is InChI=1S/C11H11N2O2Si/c1-16(14-10-6-2-4-8-12-10)15-11-7-3-5-9-13-11/h2-9H,1H3. The molecule has 2 rings (SSSR count). The van der Waals surface area contributed by atoms with Crippen molar-refractivity contribution in [2.24, 2.45) is 0 Å². The Bertz CT molecular complexity index is 383. The van der Waals surface area contributed by atoms with Crippen LogP contribution in [0.15, 0.2) is 48.8 Å². The first-order valence-corrected chi connectivity index (χ1v) is 6.67. The third-order valence-corrected chi connectivity index (χ3v) is 2.77. The molecule has 0 aliphatic carbocycles. The van der Waals surface area contributed by atoms with Gasteiger partial charge in [0.1, 0.15) is 0 Å². The molecule has 0 saturated carbocycles. The number of hydrogen-bond donors (Lipinski definition) is 0. The van der Waals surface area contributed by atoms with Gasteiger partial charge in [0.05, 0.1) is 0 Å². The lowest BCUT2D eigenvalue weighted by Crippen LogP contribution is -2.26. The molecule has 16 heavy (non-hydrogen) atoms. The fourth-order valence-electron chi connectivity index (χ4n) is 1.13. The fourth-order valence-corrected chi connectivity index (χ4v) is 2.00. The van der Waals surface area contributed by atoms with E-state index >= 15 is 0 Å². The van der Waals surface area contributed by atoms with Gasteiger partial charge in [0.15, 0.2) is 0 Å². The second kappa shape index (κ2) is 5.27. The van der Waals surface area contributed by atoms with Gasteiger partial charge in [-0.1, -0.05) is 12.1 Å². The first kappa shape index (κ1) is 10.6. The maximum Gasteiger partial charge on any atom is 0.530 e. The quantitative estimate of drug-likeness (QED) is 0.755. The summed E-state index contributed by atoms with van der Waals surface area (Å²) < 4.78 is 11.1. The van der Waals surface area contributed by atoms with Crippen LogP contribution in [0.4, 0.5) is 0 Å². The van der Waals surface area contributed by atoms with Gasteiger partial charge >= 0.3 is 9.28 Å². The Morgan fingerprint density at radius 3 is 1.75 bits per heavy atom. The molecule has 0 atom stereocenters. The van der Waals surface area contributed by atoms with E-state index in [9.17, 15) is 0 Å². The molecule has 0 aliphatic heterocycles. The highest BCUT2D eigenvalue weighted by atomic mass is 28.3. The number of aromatic nitrogens is 2. The predicted octanol–water partition coefficient (Wildman–Crippen LogP) is 2.05. The number of pyridine rings is 2. The Hall–Kier alpha value is -1.88. The van der Waals surface area contributed by atoms with Crippen molar-refractivity contribution in [1.29, 1.82) is 0 Å². The lowest BCUT2D eigenvalue weighted by molar-refractivity contribution is 0.413. The number of rotatable bonds is 4. The zero-order valence-electron chi connectivity index (χ0n) is 8.83. The van der Waals surface area contributed by atoms with Gasteiger partial charge in [-0.05, 0) is 24.3 Å². The van der Waals surface area contributed by atoms with Gasteiger partial charge in [0.2, 0.25) is 11.8 Å². The first-order valence-electron chi connectivity index (χ1n) is 4.86. The van der Waals surface area contributed by atoms with Crippen LogP contribution in [0.5, 0.6) is 11.8 Å². The van der Waals surface area contributed by atoms with Crippen molar-refractivity contribution in [3.8, 4) is 11.8 Å². The van der Waals surface area contributed by atoms with Crippen molar-refractivity contribution in [1.82, 2.24) is 9.97 Å². The van der Waals surface area contributed by atoms with Gasteiger partial charge < -0.3 is 8.85 Å². The molecular formula is C11H11N2O2Si. The average Bonchev–Trinajstić information content (AvgIpc) is 2.31. The summed E-state index contributed by atoms with van der Waals surface area (Å²) in [6, 6.07) is 11.0. The summed E-state index contributed by atoms with van der Waals surface area (Å²) in [6.45, 7) is 1.90. The van der Waals surface area contributed by atoms with Crippen LogP contribution >= 0.6 is 0 Å². The molecule has 0 aromatic carbocycles. The molecule has 1 radical (unpaired) electrons. The highest BCUT2D eigenvalue weighted by Crippen LogP contribution is 2.09. The van der Waals surface area contributed by atoms with Gasteiger partial charge in [0.25, 0.3) is 0 Å². The second-order valence-electron chi connectivity index (χ2n) is 3.03. The lowest BCUT2D eigenvalue weighted by Gasteiger charge is -2.11. The summed E-state index contributed by atoms with van der Waals surface area (Å²) in [5.74, 6) is 1.16. The van der Waals surface area contributed by atoms with E-state index in [4.69, 9.17) is 8.85 Å². The van der Waals surface area contributed by atoms with E-state index in [0.717, 1.165) is 0 Å². The summed E-state index contributed by atoms with van der Waals surface area (Å²) in [5.41, 5.74) is 0. The third-order valence-electron chi connectivity index (χ3n) is 1.77. The van der Waals surface area contributed by atoms with Crippen LogP contribution < -0.4 is 8.85 Å². The van der Waals surface area contributed by atoms with Crippen molar-refractivity contribution in [3.63, 3.8) is 0 Å². The maximum atomic E-state index is 5.55. The van der Waals surface area contributed by atoms with Crippen molar-refractivity contribution in [3.05, 3.63) is 48.8 Å². The highest BCUT2D eigenvalue weighted by molar-refractivity contribution is 6.44. The Morgan fingerprint density at radius 1 is 0.875 bits per heavy atom. The Kier molecular flexibility index (Phi) is 3.50. The topological polar surface area (TPSA) is 44.2 Å². The minimum absolute atomic E-state index is 0.579. The van der Waals surface area contributed by atoms with E-state index in [2.05, 4.69) is 9.97 Å². The normalized spacial score (nSPS) is 10.1. The molecule has 0 amide bonds. The lowest BCUT2D eigenvalue weighted by atomic mass is 10.5. The molecule has 0 spiro atoms. The molecule has 0 saturated heterocycles. The van der Waals surface area contributed by atoms with Crippen LogP contribution in [0.2, 0.25) is 6.55 Å². The molecule has 0 unspecified atom stereocenters. The Balaban J connectivity index is 1.92. The van der Waals surface area contributed by atoms with Crippen LogP contribution in [-0.2, 0) is 0 Å². The summed E-state index contributed by atoms with van der Waals surface area (Å²) in [5, 5.41) is 0. The second-order valence-corrected chi connectivity index (χ2v) is 4.42. The molecule has 5 heteroatoms. The molecule has 4 nitrogen and oxygen atoms in total. The largest absolute Gasteiger partial charge is 0.530 e. The van der Waals surface area contributed by atoms with Crippen molar-refractivity contribution in [2.45, 2.75) is 6.55 Å². The maximum absolute atomic E-state index is 5.55. The van der Waals surface area contributed by atoms with Gasteiger partial charge in [-0.15, -0.1) is 0 Å². The molecule has 0 bridgehead atoms. The van der Waals surface area contributed by atoms with Gasteiger partial charge in [-0.3, -0.25) is 0 Å². The van der Waals surface area contributed by atoms with Crippen LogP contribution in [0.3, 0.4) is 0 Å². The zero-order chi connectivity index (χ0) is 11.2. The van der Waals surface area contributed by atoms with Gasteiger partial charge in [-0.25, -0.2) is 9.97 Å². The van der Waals surface area contributed by atoms with Crippen LogP contribution in [0.25, 0.3) is 0 Å². The van der Waals surface area contributed by atoms with Crippen LogP contribution in [0.1, 0.15) is 0 Å². The summed E-state index contributed by atoms with van der Waals surface area (Å²) in [7, 11) is -1.42. The molecule has 0 N–H and O–H groups in total. The monoisotopic (exact) mass is 231 g/mol. The summed E-state index contributed by atoms with van der Waals surface area (Å²) in [4.78, 5) is 8.13. The minimum atomic E-state index is -1.42. The molecule has 2 heterocycles. The van der Waals surface area contributed by atoms with Crippen molar-refractivity contribution >= 4 is 9.28 Å². The van der Waals surface area contributed by atoms with E-state index in [1.165, 1.54) is 0 Å². The van der Waals surface area contributed by atoms with Crippen LogP contribution in [0, 0.1) is 0 Å². The van der Waals surface area contributed by atoms with Gasteiger partial charge in [-0.2, -0.15) is 0 Å². The molecule has 81 valence electrons. The molecule has 2 aromatic heterocycles. The van der Waals surface area contributed by atoms with E-state index in [1.807, 2.05) is 30.8 Å². The van der Waals surface area contributed by atoms with Gasteiger partial charge in [0, 0.05) is 18.9 Å². The van der Waals surface area contributed by atoms with Crippen molar-refractivity contribution < 1.29 is 8.85 Å². The third kappa shape index (κ3) is 3.06. The first-order chi connectivity index (χ1) is 7.84. The molecule has 0 fully saturated rings. The average molecular weight is 231 g/mol. The summed E-state index contributed by atoms with van der Waals surface area (Å²) >= 11 is 0. The SMILES string of the molecule is C[Si](Oc1ccccn1)Oc1ccccn1. The van der Waals surface area contributed by atoms with E-state index in [1.54, 1.807) is 24.5 Å². The summed E-state index contributed by atoms with van der Waals surface area (Å²) in [6.07, 6.45) is 3.37. The molecular weight excluding hydrogens is 220 g/mol. The zero-order valence-corrected chi connectivity index (χ0v) is 9.83. The smallest absolute Gasteiger partial charge is 0.496 e. The predicted molar refractivity (Wildman–Crippen MR) is 61.3 cm³/mol. The van der Waals surface area contributed by atoms with E-state index in [0.29, 0.717) is 11.8 Å². The number of hydrogen-bond acceptors (Lipinski definition) is 4. The molecule has 2 aromatic rings. The highest BCUT2D eigenvalue weighted by Gasteiger charge is 2.13. The Morgan fingerprint density at radius 2 is 1.38 bits per heavy atom. The Labute approximate surface area is 95.7 Å². The van der Waals surface area contributed by atoms with E-state index in [-0.39, 0.29) is 0 Å². The fraction of sp³-hybridized carbons (Fsp3) is 0.0909. The molecule has 0 aliphatic rings.